The third-order valence-electron chi connectivity index (χ3n) is 6.67. The van der Waals surface area contributed by atoms with E-state index in [1.807, 2.05) is 12.1 Å². The smallest absolute Gasteiger partial charge is 0.196 e. The molecule has 0 saturated carbocycles. The van der Waals surface area contributed by atoms with Gasteiger partial charge in [0.05, 0.1) is 6.04 Å². The molecule has 5 aromatic carbocycles. The van der Waals surface area contributed by atoms with Crippen LogP contribution in [-0.4, -0.2) is 5.29 Å². The van der Waals surface area contributed by atoms with Gasteiger partial charge in [-0.05, 0) is 68.3 Å². The zero-order valence-electron chi connectivity index (χ0n) is 20.2. The molecule has 0 aromatic heterocycles. The zero-order chi connectivity index (χ0) is 25.0. The fourth-order valence-corrected chi connectivity index (χ4v) is 4.90. The lowest BCUT2D eigenvalue weighted by Gasteiger charge is -2.20. The van der Waals surface area contributed by atoms with Gasteiger partial charge in [0.1, 0.15) is 0 Å². The second-order valence-electron chi connectivity index (χ2n) is 9.08. The minimum absolute atomic E-state index is 0.143. The zero-order valence-corrected chi connectivity index (χ0v) is 20.9. The van der Waals surface area contributed by atoms with Gasteiger partial charge in [-0.3, -0.25) is 0 Å². The predicted octanol–water partition coefficient (Wildman–Crippen LogP) is 8.97. The molecule has 1 atom stereocenters. The van der Waals surface area contributed by atoms with Gasteiger partial charge in [0.15, 0.2) is 5.29 Å². The largest absolute Gasteiger partial charge is 0.330 e. The summed E-state index contributed by atoms with van der Waals surface area (Å²) < 4.78 is 0. The summed E-state index contributed by atoms with van der Waals surface area (Å²) in [6.07, 6.45) is 2.13. The molecule has 0 amide bonds. The van der Waals surface area contributed by atoms with Crippen molar-refractivity contribution in [1.82, 2.24) is 5.32 Å². The minimum atomic E-state index is -0.143. The third-order valence-corrected chi connectivity index (χ3v) is 6.87. The molecule has 3 heteroatoms. The summed E-state index contributed by atoms with van der Waals surface area (Å²) >= 11 is 6.43. The van der Waals surface area contributed by atoms with Crippen LogP contribution in [0.15, 0.2) is 145 Å². The normalized spacial score (nSPS) is 14.9. The van der Waals surface area contributed by atoms with Crippen LogP contribution in [0.25, 0.3) is 39.1 Å². The molecule has 1 N–H and O–H groups in total. The van der Waals surface area contributed by atoms with Crippen LogP contribution in [0, 0.1) is 0 Å². The molecule has 0 bridgehead atoms. The van der Waals surface area contributed by atoms with Crippen molar-refractivity contribution < 1.29 is 0 Å². The van der Waals surface area contributed by atoms with Crippen LogP contribution in [0.2, 0.25) is 0 Å². The number of rotatable bonds is 5. The van der Waals surface area contributed by atoms with E-state index >= 15 is 0 Å². The lowest BCUT2D eigenvalue weighted by molar-refractivity contribution is 0.887. The molecular weight excluding hydrogens is 472 g/mol. The number of hydrogen-bond acceptors (Lipinski definition) is 2. The maximum Gasteiger partial charge on any atom is 0.196 e. The predicted molar refractivity (Wildman–Crippen MR) is 156 cm³/mol. The van der Waals surface area contributed by atoms with Crippen molar-refractivity contribution in [3.05, 3.63) is 151 Å². The molecular formula is C34H25ClN2. The Hall–Kier alpha value is -4.40. The first-order valence-corrected chi connectivity index (χ1v) is 12.7. The molecule has 0 radical (unpaired) electrons. The molecule has 1 aliphatic rings. The fourth-order valence-electron chi connectivity index (χ4n) is 4.70. The Morgan fingerprint density at radius 3 is 1.57 bits per heavy atom. The Balaban J connectivity index is 1.24. The van der Waals surface area contributed by atoms with E-state index < -0.39 is 0 Å². The molecule has 1 unspecified atom stereocenters. The van der Waals surface area contributed by atoms with Crippen molar-refractivity contribution in [2.24, 2.45) is 4.99 Å². The van der Waals surface area contributed by atoms with E-state index in [2.05, 4.69) is 138 Å². The van der Waals surface area contributed by atoms with Gasteiger partial charge in [-0.1, -0.05) is 127 Å². The first kappa shape index (κ1) is 23.0. The van der Waals surface area contributed by atoms with Crippen LogP contribution in [0.3, 0.4) is 0 Å². The first-order chi connectivity index (χ1) is 18.2. The Bertz CT molecular complexity index is 1570. The summed E-state index contributed by atoms with van der Waals surface area (Å²) in [7, 11) is 0. The van der Waals surface area contributed by atoms with Crippen molar-refractivity contribution in [2.75, 3.05) is 0 Å². The number of hydrogen-bond donors (Lipinski definition) is 1. The van der Waals surface area contributed by atoms with Gasteiger partial charge < -0.3 is 5.32 Å². The summed E-state index contributed by atoms with van der Waals surface area (Å²) in [6.45, 7) is 0. The average molecular weight is 497 g/mol. The highest BCUT2D eigenvalue weighted by Gasteiger charge is 2.17. The maximum absolute atomic E-state index is 6.43. The van der Waals surface area contributed by atoms with Crippen LogP contribution < -0.4 is 5.32 Å². The molecule has 5 aromatic rings. The lowest BCUT2D eigenvalue weighted by atomic mass is 9.97. The number of aliphatic imine (C=N–C) groups is 1. The average Bonchev–Trinajstić information content (AvgIpc) is 2.98. The molecule has 2 nitrogen and oxygen atoms in total. The second-order valence-corrected chi connectivity index (χ2v) is 9.44. The van der Waals surface area contributed by atoms with E-state index in [0.29, 0.717) is 5.29 Å². The molecule has 37 heavy (non-hydrogen) atoms. The highest BCUT2D eigenvalue weighted by atomic mass is 35.5. The summed E-state index contributed by atoms with van der Waals surface area (Å²) in [5.74, 6) is 0. The molecule has 0 saturated heterocycles. The molecule has 6 rings (SSSR count). The number of nitrogens with zero attached hydrogens (tertiary/aromatic N) is 1. The van der Waals surface area contributed by atoms with E-state index in [-0.39, 0.29) is 6.04 Å². The number of nitrogens with one attached hydrogen (secondary N) is 1. The molecule has 0 fully saturated rings. The Morgan fingerprint density at radius 2 is 0.946 bits per heavy atom. The van der Waals surface area contributed by atoms with Gasteiger partial charge in [0.2, 0.25) is 0 Å². The van der Waals surface area contributed by atoms with Crippen molar-refractivity contribution in [2.45, 2.75) is 6.04 Å². The second kappa shape index (κ2) is 10.3. The molecule has 178 valence electrons. The SMILES string of the molecule is ClC1=NC(c2ccc(-c3ccccc3)cc2)C=C(c2ccc(-c3cccc(-c4ccccc4)c3)cc2)N1. The van der Waals surface area contributed by atoms with Crippen molar-refractivity contribution in [3.63, 3.8) is 0 Å². The van der Waals surface area contributed by atoms with Gasteiger partial charge in [-0.2, -0.15) is 0 Å². The molecule has 0 aliphatic carbocycles. The van der Waals surface area contributed by atoms with Crippen LogP contribution in [0.5, 0.6) is 0 Å². The van der Waals surface area contributed by atoms with Crippen molar-refractivity contribution >= 4 is 22.6 Å². The molecule has 1 aliphatic heterocycles. The maximum atomic E-state index is 6.43. The van der Waals surface area contributed by atoms with Gasteiger partial charge in [-0.15, -0.1) is 0 Å². The summed E-state index contributed by atoms with van der Waals surface area (Å²) in [5.41, 5.74) is 10.3. The van der Waals surface area contributed by atoms with Gasteiger partial charge in [0.25, 0.3) is 0 Å². The highest BCUT2D eigenvalue weighted by Crippen LogP contribution is 2.31. The summed E-state index contributed by atoms with van der Waals surface area (Å²) in [5, 5.41) is 3.63. The van der Waals surface area contributed by atoms with Gasteiger partial charge >= 0.3 is 0 Å². The van der Waals surface area contributed by atoms with Crippen LogP contribution in [0.1, 0.15) is 17.2 Å². The van der Waals surface area contributed by atoms with Gasteiger partial charge in [0, 0.05) is 5.70 Å². The molecule has 1 heterocycles. The van der Waals surface area contributed by atoms with E-state index in [9.17, 15) is 0 Å². The first-order valence-electron chi connectivity index (χ1n) is 12.4. The van der Waals surface area contributed by atoms with Crippen LogP contribution in [0.4, 0.5) is 0 Å². The number of benzene rings is 5. The van der Waals surface area contributed by atoms with Crippen molar-refractivity contribution in [1.29, 1.82) is 0 Å². The Labute approximate surface area is 222 Å². The van der Waals surface area contributed by atoms with Crippen molar-refractivity contribution in [3.8, 4) is 33.4 Å². The molecule has 0 spiro atoms. The van der Waals surface area contributed by atoms with E-state index in [4.69, 9.17) is 11.6 Å². The van der Waals surface area contributed by atoms with Crippen LogP contribution in [-0.2, 0) is 0 Å². The quantitative estimate of drug-likeness (QED) is 0.241. The third kappa shape index (κ3) is 5.11. The monoisotopic (exact) mass is 496 g/mol. The lowest BCUT2D eigenvalue weighted by Crippen LogP contribution is -2.22. The number of amidine groups is 1. The van der Waals surface area contributed by atoms with Gasteiger partial charge in [-0.25, -0.2) is 4.99 Å². The van der Waals surface area contributed by atoms with Crippen LogP contribution >= 0.6 is 11.6 Å². The Morgan fingerprint density at radius 1 is 0.486 bits per heavy atom. The fraction of sp³-hybridized carbons (Fsp3) is 0.0294. The van der Waals surface area contributed by atoms with E-state index in [1.54, 1.807) is 0 Å². The topological polar surface area (TPSA) is 24.4 Å². The highest BCUT2D eigenvalue weighted by molar-refractivity contribution is 6.65. The summed E-state index contributed by atoms with van der Waals surface area (Å²) in [6, 6.07) is 46.5. The minimum Gasteiger partial charge on any atom is -0.330 e. The van der Waals surface area contributed by atoms with E-state index in [0.717, 1.165) is 16.8 Å². The van der Waals surface area contributed by atoms with E-state index in [1.165, 1.54) is 33.4 Å². The standard InChI is InChI=1S/C34H25ClN2/c35-34-36-32(28-18-14-26(15-19-28)24-8-3-1-4-9-24)23-33(37-34)29-20-16-27(17-21-29)31-13-7-12-30(22-31)25-10-5-2-6-11-25/h1-23,32H,(H,36,37). The summed E-state index contributed by atoms with van der Waals surface area (Å²) in [4.78, 5) is 4.63. The number of halogens is 1. The Kier molecular flexibility index (Phi) is 6.41.